The summed E-state index contributed by atoms with van der Waals surface area (Å²) >= 11 is 9.41. The predicted octanol–water partition coefficient (Wildman–Crippen LogP) is 6.36. The van der Waals surface area contributed by atoms with Crippen LogP contribution in [0, 0.1) is 6.92 Å². The first-order valence-corrected chi connectivity index (χ1v) is 14.5. The molecular formula is C28H26ClN3O2S2. The van der Waals surface area contributed by atoms with Gasteiger partial charge in [-0.1, -0.05) is 47.6 Å². The summed E-state index contributed by atoms with van der Waals surface area (Å²) in [5.74, 6) is 0.215. The number of aryl methyl sites for hydroxylation is 3. The fourth-order valence-electron chi connectivity index (χ4n) is 5.37. The first-order valence-electron chi connectivity index (χ1n) is 12.3. The average molecular weight is 536 g/mol. The molecule has 2 aromatic heterocycles. The molecule has 0 fully saturated rings. The summed E-state index contributed by atoms with van der Waals surface area (Å²) in [5, 5.41) is 1.85. The summed E-state index contributed by atoms with van der Waals surface area (Å²) in [6, 6.07) is 13.8. The van der Waals surface area contributed by atoms with Crippen molar-refractivity contribution in [2.24, 2.45) is 0 Å². The number of aromatic nitrogens is 2. The molecule has 3 heterocycles. The molecule has 5 nitrogen and oxygen atoms in total. The van der Waals surface area contributed by atoms with Crippen LogP contribution in [0.2, 0.25) is 5.02 Å². The molecule has 1 aliphatic heterocycles. The number of fused-ring (bicyclic) bond motifs is 4. The van der Waals surface area contributed by atoms with Gasteiger partial charge in [-0.2, -0.15) is 0 Å². The topological polar surface area (TPSA) is 55.2 Å². The molecule has 1 amide bonds. The molecule has 2 aliphatic rings. The lowest BCUT2D eigenvalue weighted by atomic mass is 9.97. The molecule has 2 aromatic carbocycles. The molecule has 0 N–H and O–H groups in total. The summed E-state index contributed by atoms with van der Waals surface area (Å²) < 4.78 is 1.65. The van der Waals surface area contributed by atoms with Crippen LogP contribution in [0.25, 0.3) is 15.9 Å². The van der Waals surface area contributed by atoms with Crippen LogP contribution >= 0.6 is 34.7 Å². The Kier molecular flexibility index (Phi) is 6.18. The van der Waals surface area contributed by atoms with Crippen molar-refractivity contribution >= 4 is 56.5 Å². The number of thiophene rings is 1. The summed E-state index contributed by atoms with van der Waals surface area (Å²) in [6.45, 7) is 4.02. The van der Waals surface area contributed by atoms with E-state index in [9.17, 15) is 9.59 Å². The molecule has 0 unspecified atom stereocenters. The van der Waals surface area contributed by atoms with E-state index in [0.717, 1.165) is 59.1 Å². The van der Waals surface area contributed by atoms with E-state index in [-0.39, 0.29) is 23.3 Å². The minimum absolute atomic E-state index is 0.0192. The van der Waals surface area contributed by atoms with Crippen molar-refractivity contribution in [2.75, 3.05) is 10.7 Å². The summed E-state index contributed by atoms with van der Waals surface area (Å²) in [6.07, 6.45) is 5.00. The van der Waals surface area contributed by atoms with Crippen molar-refractivity contribution in [1.82, 2.24) is 9.55 Å². The van der Waals surface area contributed by atoms with E-state index >= 15 is 0 Å². The molecule has 36 heavy (non-hydrogen) atoms. The minimum atomic E-state index is -0.0749. The van der Waals surface area contributed by atoms with Gasteiger partial charge in [0.1, 0.15) is 4.83 Å². The van der Waals surface area contributed by atoms with E-state index in [2.05, 4.69) is 13.0 Å². The normalized spacial score (nSPS) is 16.9. The smallest absolute Gasteiger partial charge is 0.267 e. The van der Waals surface area contributed by atoms with Gasteiger partial charge < -0.3 is 4.90 Å². The maximum absolute atomic E-state index is 14.0. The molecule has 0 saturated heterocycles. The van der Waals surface area contributed by atoms with Gasteiger partial charge in [0, 0.05) is 21.6 Å². The van der Waals surface area contributed by atoms with Crippen LogP contribution in [-0.4, -0.2) is 27.3 Å². The highest BCUT2D eigenvalue weighted by Crippen LogP contribution is 2.36. The number of benzene rings is 2. The Morgan fingerprint density at radius 3 is 2.83 bits per heavy atom. The number of halogens is 1. The Labute approximate surface area is 223 Å². The second kappa shape index (κ2) is 9.36. The molecule has 4 aromatic rings. The molecular weight excluding hydrogens is 510 g/mol. The number of hydrogen-bond acceptors (Lipinski definition) is 5. The van der Waals surface area contributed by atoms with E-state index in [0.29, 0.717) is 15.9 Å². The van der Waals surface area contributed by atoms with Gasteiger partial charge in [0.05, 0.1) is 16.8 Å². The van der Waals surface area contributed by atoms with Crippen LogP contribution in [0.15, 0.2) is 52.4 Å². The molecule has 0 saturated carbocycles. The zero-order chi connectivity index (χ0) is 25.0. The lowest BCUT2D eigenvalue weighted by molar-refractivity contribution is -0.116. The highest BCUT2D eigenvalue weighted by Gasteiger charge is 2.31. The molecule has 8 heteroatoms. The van der Waals surface area contributed by atoms with Gasteiger partial charge in [-0.05, 0) is 80.8 Å². The second-order valence-electron chi connectivity index (χ2n) is 9.59. The van der Waals surface area contributed by atoms with Crippen molar-refractivity contribution in [2.45, 2.75) is 57.1 Å². The first kappa shape index (κ1) is 23.8. The quantitative estimate of drug-likeness (QED) is 0.225. The fraction of sp³-hybridized carbons (Fsp3) is 0.321. The van der Waals surface area contributed by atoms with Crippen LogP contribution in [0.3, 0.4) is 0 Å². The van der Waals surface area contributed by atoms with E-state index < -0.39 is 0 Å². The fourth-order valence-corrected chi connectivity index (χ4v) is 7.72. The number of amides is 1. The standard InChI is InChI=1S/C28H26ClN3O2S2/c1-16-11-12-19(14-21(16)29)32-27(34)25-20-8-4-6-10-23(20)36-26(25)30-28(32)35-15-24(33)31-17(2)13-18-7-3-5-9-22(18)31/h3,5,7,9,11-12,14,17H,4,6,8,10,13,15H2,1-2H3/t17-/m1/s1. The molecule has 0 bridgehead atoms. The van der Waals surface area contributed by atoms with Crippen molar-refractivity contribution < 1.29 is 4.79 Å². The second-order valence-corrected chi connectivity index (χ2v) is 12.0. The van der Waals surface area contributed by atoms with Gasteiger partial charge in [-0.3, -0.25) is 14.2 Å². The monoisotopic (exact) mass is 535 g/mol. The maximum Gasteiger partial charge on any atom is 0.267 e. The number of thioether (sulfide) groups is 1. The number of rotatable bonds is 4. The largest absolute Gasteiger partial charge is 0.308 e. The highest BCUT2D eigenvalue weighted by atomic mass is 35.5. The lowest BCUT2D eigenvalue weighted by Crippen LogP contribution is -2.37. The van der Waals surface area contributed by atoms with Gasteiger partial charge in [0.25, 0.3) is 5.56 Å². The van der Waals surface area contributed by atoms with Crippen LogP contribution in [-0.2, 0) is 24.1 Å². The predicted molar refractivity (Wildman–Crippen MR) is 149 cm³/mol. The number of para-hydroxylation sites is 1. The molecule has 0 radical (unpaired) electrons. The van der Waals surface area contributed by atoms with Crippen LogP contribution < -0.4 is 10.5 Å². The third-order valence-corrected chi connectivity index (χ3v) is 9.69. The van der Waals surface area contributed by atoms with Gasteiger partial charge in [0.2, 0.25) is 5.91 Å². The van der Waals surface area contributed by atoms with Crippen molar-refractivity contribution in [3.05, 3.63) is 79.4 Å². The van der Waals surface area contributed by atoms with Gasteiger partial charge in [-0.15, -0.1) is 11.3 Å². The Bertz CT molecular complexity index is 1580. The molecule has 6 rings (SSSR count). The van der Waals surface area contributed by atoms with Gasteiger partial charge >= 0.3 is 0 Å². The summed E-state index contributed by atoms with van der Waals surface area (Å²) in [4.78, 5) is 36.3. The van der Waals surface area contributed by atoms with Crippen molar-refractivity contribution in [3.63, 3.8) is 0 Å². The Morgan fingerprint density at radius 2 is 2.00 bits per heavy atom. The lowest BCUT2D eigenvalue weighted by Gasteiger charge is -2.22. The first-order chi connectivity index (χ1) is 17.4. The Balaban J connectivity index is 1.42. The number of anilines is 1. The van der Waals surface area contributed by atoms with Gasteiger partial charge in [-0.25, -0.2) is 4.98 Å². The minimum Gasteiger partial charge on any atom is -0.308 e. The number of nitrogens with zero attached hydrogens (tertiary/aromatic N) is 3. The number of carbonyl (C=O) groups is 1. The molecule has 1 atom stereocenters. The van der Waals surface area contributed by atoms with E-state index in [1.807, 2.05) is 48.2 Å². The molecule has 0 spiro atoms. The third kappa shape index (κ3) is 3.98. The number of hydrogen-bond donors (Lipinski definition) is 0. The van der Waals surface area contributed by atoms with Crippen LogP contribution in [0.1, 0.15) is 41.3 Å². The zero-order valence-electron chi connectivity index (χ0n) is 20.2. The van der Waals surface area contributed by atoms with E-state index in [1.165, 1.54) is 22.2 Å². The maximum atomic E-state index is 14.0. The Hall–Kier alpha value is -2.61. The SMILES string of the molecule is Cc1ccc(-n2c(SCC(=O)N3c4ccccc4C[C@H]3C)nc3sc4c(c3c2=O)CCCC4)cc1Cl. The van der Waals surface area contributed by atoms with Gasteiger partial charge in [0.15, 0.2) is 5.16 Å². The Morgan fingerprint density at radius 1 is 1.19 bits per heavy atom. The van der Waals surface area contributed by atoms with Crippen LogP contribution in [0.4, 0.5) is 5.69 Å². The number of carbonyl (C=O) groups excluding carboxylic acids is 1. The van der Waals surface area contributed by atoms with Crippen LogP contribution in [0.5, 0.6) is 0 Å². The molecule has 184 valence electrons. The van der Waals surface area contributed by atoms with E-state index in [1.54, 1.807) is 15.9 Å². The summed E-state index contributed by atoms with van der Waals surface area (Å²) in [5.41, 5.74) is 4.87. The van der Waals surface area contributed by atoms with Crippen molar-refractivity contribution in [3.8, 4) is 5.69 Å². The zero-order valence-corrected chi connectivity index (χ0v) is 22.6. The average Bonchev–Trinajstić information content (AvgIpc) is 3.41. The third-order valence-electron chi connectivity index (χ3n) is 7.17. The highest BCUT2D eigenvalue weighted by molar-refractivity contribution is 7.99. The van der Waals surface area contributed by atoms with E-state index in [4.69, 9.17) is 16.6 Å². The molecule has 1 aliphatic carbocycles. The van der Waals surface area contributed by atoms with Crippen molar-refractivity contribution in [1.29, 1.82) is 0 Å². The summed E-state index contributed by atoms with van der Waals surface area (Å²) in [7, 11) is 0.